The number of benzene rings is 1. The Morgan fingerprint density at radius 1 is 1.09 bits per heavy atom. The summed E-state index contributed by atoms with van der Waals surface area (Å²) in [5, 5.41) is 3.68. The summed E-state index contributed by atoms with van der Waals surface area (Å²) >= 11 is 0. The van der Waals surface area contributed by atoms with Gasteiger partial charge in [0.05, 0.1) is 6.26 Å². The van der Waals surface area contributed by atoms with Crippen LogP contribution in [0.15, 0.2) is 53.1 Å². The average Bonchev–Trinajstić information content (AvgIpc) is 3.00. The van der Waals surface area contributed by atoms with Crippen molar-refractivity contribution in [3.8, 4) is 0 Å². The van der Waals surface area contributed by atoms with Crippen molar-refractivity contribution in [3.05, 3.63) is 60.1 Å². The van der Waals surface area contributed by atoms with Crippen LogP contribution in [0.5, 0.6) is 0 Å². The van der Waals surface area contributed by atoms with Crippen LogP contribution in [-0.2, 0) is 11.0 Å². The van der Waals surface area contributed by atoms with Crippen LogP contribution in [-0.4, -0.2) is 14.9 Å². The third kappa shape index (κ3) is 5.06. The summed E-state index contributed by atoms with van der Waals surface area (Å²) in [7, 11) is -1.85. The van der Waals surface area contributed by atoms with E-state index in [9.17, 15) is 0 Å². The van der Waals surface area contributed by atoms with Crippen LogP contribution < -0.4 is 5.32 Å². The van der Waals surface area contributed by atoms with Gasteiger partial charge in [-0.3, -0.25) is 0 Å². The minimum Gasteiger partial charge on any atom is -0.467 e. The highest BCUT2D eigenvalue weighted by atomic mass is 28.4. The second-order valence-corrected chi connectivity index (χ2v) is 12.3. The molecule has 0 aliphatic carbocycles. The third-order valence-corrected chi connectivity index (χ3v) is 9.09. The van der Waals surface area contributed by atoms with Gasteiger partial charge in [0, 0.05) is 13.1 Å². The zero-order chi connectivity index (χ0) is 16.9. The molecule has 1 N–H and O–H groups in total. The topological polar surface area (TPSA) is 34.4 Å². The van der Waals surface area contributed by atoms with Gasteiger partial charge >= 0.3 is 0 Å². The van der Waals surface area contributed by atoms with Gasteiger partial charge in [0.1, 0.15) is 11.9 Å². The van der Waals surface area contributed by atoms with Gasteiger partial charge in [-0.05, 0) is 35.8 Å². The van der Waals surface area contributed by atoms with E-state index in [1.807, 2.05) is 18.2 Å². The molecule has 0 amide bonds. The lowest BCUT2D eigenvalue weighted by molar-refractivity contribution is 0.154. The largest absolute Gasteiger partial charge is 0.467 e. The molecule has 1 unspecified atom stereocenters. The van der Waals surface area contributed by atoms with Crippen molar-refractivity contribution in [1.82, 2.24) is 5.32 Å². The predicted molar refractivity (Wildman–Crippen MR) is 97.9 cm³/mol. The van der Waals surface area contributed by atoms with Gasteiger partial charge in [-0.25, -0.2) is 0 Å². The first-order chi connectivity index (χ1) is 10.8. The maximum Gasteiger partial charge on any atom is 0.193 e. The van der Waals surface area contributed by atoms with E-state index in [-0.39, 0.29) is 11.1 Å². The molecule has 126 valence electrons. The maximum absolute atomic E-state index is 6.57. The van der Waals surface area contributed by atoms with E-state index >= 15 is 0 Å². The fourth-order valence-electron chi connectivity index (χ4n) is 2.15. The van der Waals surface area contributed by atoms with Crippen LogP contribution in [0.4, 0.5) is 0 Å². The summed E-state index contributed by atoms with van der Waals surface area (Å²) in [5.74, 6) is 0.899. The molecule has 1 atom stereocenters. The van der Waals surface area contributed by atoms with Crippen LogP contribution >= 0.6 is 0 Å². The number of rotatable bonds is 7. The molecule has 2 rings (SSSR count). The van der Waals surface area contributed by atoms with Crippen molar-refractivity contribution in [1.29, 1.82) is 0 Å². The zero-order valence-corrected chi connectivity index (χ0v) is 15.9. The molecule has 3 nitrogen and oxygen atoms in total. The predicted octanol–water partition coefficient (Wildman–Crippen LogP) is 5.13. The number of hydrogen-bond donors (Lipinski definition) is 1. The van der Waals surface area contributed by atoms with Gasteiger partial charge in [-0.2, -0.15) is 0 Å². The van der Waals surface area contributed by atoms with Gasteiger partial charge in [-0.1, -0.05) is 51.1 Å². The summed E-state index contributed by atoms with van der Waals surface area (Å²) < 4.78 is 12.2. The fraction of sp³-hybridized carbons (Fsp3) is 0.474. The van der Waals surface area contributed by atoms with Crippen LogP contribution in [0.3, 0.4) is 0 Å². The average molecular weight is 332 g/mol. The molecule has 0 aliphatic heterocycles. The Morgan fingerprint density at radius 3 is 2.35 bits per heavy atom. The van der Waals surface area contributed by atoms with Gasteiger partial charge in [-0.15, -0.1) is 0 Å². The molecular weight excluding hydrogens is 302 g/mol. The molecule has 0 bridgehead atoms. The van der Waals surface area contributed by atoms with E-state index in [1.165, 1.54) is 5.56 Å². The Kier molecular flexibility index (Phi) is 5.84. The summed E-state index contributed by atoms with van der Waals surface area (Å²) in [6.45, 7) is 12.9. The minimum atomic E-state index is -1.85. The first-order valence-electron chi connectivity index (χ1n) is 8.25. The first-order valence-corrected chi connectivity index (χ1v) is 11.2. The van der Waals surface area contributed by atoms with Crippen LogP contribution in [0.2, 0.25) is 18.1 Å². The van der Waals surface area contributed by atoms with Crippen molar-refractivity contribution in [2.45, 2.75) is 51.6 Å². The van der Waals surface area contributed by atoms with Gasteiger partial charge < -0.3 is 14.2 Å². The van der Waals surface area contributed by atoms with Crippen LogP contribution in [0.25, 0.3) is 0 Å². The smallest absolute Gasteiger partial charge is 0.193 e. The SMILES string of the molecule is CC(C)(C)[Si](C)(C)OC(CNCc1ccccc1)c1ccco1. The van der Waals surface area contributed by atoms with Crippen molar-refractivity contribution >= 4 is 8.32 Å². The Bertz CT molecular complexity index is 573. The quantitative estimate of drug-likeness (QED) is 0.714. The Morgan fingerprint density at radius 2 is 1.78 bits per heavy atom. The molecule has 1 aromatic heterocycles. The highest BCUT2D eigenvalue weighted by Crippen LogP contribution is 2.39. The van der Waals surface area contributed by atoms with E-state index in [0.717, 1.165) is 18.8 Å². The number of hydrogen-bond acceptors (Lipinski definition) is 3. The van der Waals surface area contributed by atoms with Gasteiger partial charge in [0.15, 0.2) is 8.32 Å². The van der Waals surface area contributed by atoms with Gasteiger partial charge in [0.25, 0.3) is 0 Å². The lowest BCUT2D eigenvalue weighted by atomic mass is 10.2. The lowest BCUT2D eigenvalue weighted by Crippen LogP contribution is -2.43. The molecule has 0 radical (unpaired) electrons. The molecule has 0 saturated heterocycles. The van der Waals surface area contributed by atoms with E-state index in [4.69, 9.17) is 8.84 Å². The standard InChI is InChI=1S/C19H29NO2Si/c1-19(2,3)23(4,5)22-18(17-12-9-13-21-17)15-20-14-16-10-7-6-8-11-16/h6-13,18,20H,14-15H2,1-5H3. The molecule has 2 aromatic rings. The molecule has 0 fully saturated rings. The molecule has 0 aliphatic rings. The Balaban J connectivity index is 2.01. The summed E-state index contributed by atoms with van der Waals surface area (Å²) in [6.07, 6.45) is 1.67. The zero-order valence-electron chi connectivity index (χ0n) is 14.9. The van der Waals surface area contributed by atoms with Crippen molar-refractivity contribution in [2.75, 3.05) is 6.54 Å². The molecule has 0 spiro atoms. The molecule has 23 heavy (non-hydrogen) atoms. The molecule has 1 aromatic carbocycles. The molecule has 0 saturated carbocycles. The fourth-order valence-corrected chi connectivity index (χ4v) is 3.42. The highest BCUT2D eigenvalue weighted by Gasteiger charge is 2.39. The van der Waals surface area contributed by atoms with Crippen LogP contribution in [0.1, 0.15) is 38.2 Å². The van der Waals surface area contributed by atoms with E-state index in [0.29, 0.717) is 0 Å². The van der Waals surface area contributed by atoms with Gasteiger partial charge in [0.2, 0.25) is 0 Å². The lowest BCUT2D eigenvalue weighted by Gasteiger charge is -2.38. The molecular formula is C19H29NO2Si. The van der Waals surface area contributed by atoms with E-state index < -0.39 is 8.32 Å². The van der Waals surface area contributed by atoms with E-state index in [2.05, 4.69) is 63.4 Å². The van der Waals surface area contributed by atoms with E-state index in [1.54, 1.807) is 6.26 Å². The Labute approximate surface area is 141 Å². The monoisotopic (exact) mass is 331 g/mol. The first kappa shape index (κ1) is 18.0. The Hall–Kier alpha value is -1.36. The number of nitrogens with one attached hydrogen (secondary N) is 1. The normalized spacial score (nSPS) is 14.0. The highest BCUT2D eigenvalue weighted by molar-refractivity contribution is 6.74. The molecule has 1 heterocycles. The van der Waals surface area contributed by atoms with Crippen molar-refractivity contribution in [2.24, 2.45) is 0 Å². The molecule has 4 heteroatoms. The number of furan rings is 1. The third-order valence-electron chi connectivity index (χ3n) is 4.61. The second kappa shape index (κ2) is 7.47. The van der Waals surface area contributed by atoms with Crippen molar-refractivity contribution < 1.29 is 8.84 Å². The summed E-state index contributed by atoms with van der Waals surface area (Å²) in [6, 6.07) is 14.3. The summed E-state index contributed by atoms with van der Waals surface area (Å²) in [4.78, 5) is 0. The minimum absolute atomic E-state index is 0.0467. The maximum atomic E-state index is 6.57. The van der Waals surface area contributed by atoms with Crippen LogP contribution in [0, 0.1) is 0 Å². The summed E-state index contributed by atoms with van der Waals surface area (Å²) in [5.41, 5.74) is 1.28. The second-order valence-electron chi connectivity index (χ2n) is 7.50. The van der Waals surface area contributed by atoms with Crippen molar-refractivity contribution in [3.63, 3.8) is 0 Å².